The van der Waals surface area contributed by atoms with Crippen molar-refractivity contribution in [2.24, 2.45) is 5.92 Å². The van der Waals surface area contributed by atoms with Gasteiger partial charge in [0.2, 0.25) is 5.91 Å². The Kier molecular flexibility index (Phi) is 4.71. The van der Waals surface area contributed by atoms with Gasteiger partial charge in [0.05, 0.1) is 11.7 Å². The van der Waals surface area contributed by atoms with Crippen molar-refractivity contribution in [1.82, 2.24) is 30.0 Å². The smallest absolute Gasteiger partial charge is 0.223 e. The average Bonchev–Trinajstić information content (AvgIpc) is 3.30. The van der Waals surface area contributed by atoms with Crippen LogP contribution in [0.4, 0.5) is 0 Å². The molecule has 0 saturated heterocycles. The lowest BCUT2D eigenvalue weighted by atomic mass is 9.85. The predicted octanol–water partition coefficient (Wildman–Crippen LogP) is 3.20. The molecule has 7 heteroatoms. The van der Waals surface area contributed by atoms with Crippen molar-refractivity contribution in [3.8, 4) is 0 Å². The van der Waals surface area contributed by atoms with E-state index in [0.29, 0.717) is 13.0 Å². The Bertz CT molecular complexity index is 1160. The molecule has 1 aromatic carbocycles. The van der Waals surface area contributed by atoms with Crippen molar-refractivity contribution in [2.75, 3.05) is 6.54 Å². The molecule has 3 heterocycles. The highest BCUT2D eigenvalue weighted by atomic mass is 16.1. The van der Waals surface area contributed by atoms with Crippen LogP contribution in [0.5, 0.6) is 0 Å². The second-order valence-electron chi connectivity index (χ2n) is 7.82. The molecule has 0 radical (unpaired) electrons. The Morgan fingerprint density at radius 3 is 3.00 bits per heavy atom. The van der Waals surface area contributed by atoms with Crippen molar-refractivity contribution in [1.29, 1.82) is 0 Å². The van der Waals surface area contributed by atoms with E-state index in [0.717, 1.165) is 59.1 Å². The highest BCUT2D eigenvalue weighted by Crippen LogP contribution is 2.26. The number of aromatic nitrogens is 5. The van der Waals surface area contributed by atoms with E-state index >= 15 is 0 Å². The third-order valence-electron chi connectivity index (χ3n) is 5.77. The number of nitrogens with zero attached hydrogens (tertiary/aromatic N) is 4. The van der Waals surface area contributed by atoms with Gasteiger partial charge in [-0.2, -0.15) is 5.10 Å². The van der Waals surface area contributed by atoms with Crippen LogP contribution >= 0.6 is 0 Å². The minimum atomic E-state index is 0.216. The summed E-state index contributed by atoms with van der Waals surface area (Å²) in [5, 5.41) is 12.2. The van der Waals surface area contributed by atoms with E-state index in [9.17, 15) is 4.79 Å². The molecule has 0 aliphatic heterocycles. The fourth-order valence-corrected chi connectivity index (χ4v) is 3.83. The van der Waals surface area contributed by atoms with Crippen LogP contribution in [-0.2, 0) is 17.8 Å². The fraction of sp³-hybridized carbons (Fsp3) is 0.364. The van der Waals surface area contributed by atoms with Crippen LogP contribution in [-0.4, -0.2) is 37.2 Å². The summed E-state index contributed by atoms with van der Waals surface area (Å²) in [5.74, 6) is 1.27. The fourth-order valence-electron chi connectivity index (χ4n) is 3.83. The first-order chi connectivity index (χ1) is 14.3. The van der Waals surface area contributed by atoms with Crippen LogP contribution in [0.1, 0.15) is 37.1 Å². The predicted molar refractivity (Wildman–Crippen MR) is 111 cm³/mol. The number of carbonyl (C=O) groups is 1. The summed E-state index contributed by atoms with van der Waals surface area (Å²) >= 11 is 0. The molecule has 1 amide bonds. The van der Waals surface area contributed by atoms with Crippen molar-refractivity contribution in [3.63, 3.8) is 0 Å². The molecule has 0 spiro atoms. The number of H-pyrrole nitrogens is 1. The first-order valence-electron chi connectivity index (χ1n) is 10.3. The van der Waals surface area contributed by atoms with Crippen molar-refractivity contribution >= 4 is 27.8 Å². The summed E-state index contributed by atoms with van der Waals surface area (Å²) in [5.41, 5.74) is 3.14. The average molecular weight is 388 g/mol. The van der Waals surface area contributed by atoms with Gasteiger partial charge in [0, 0.05) is 48.6 Å². The van der Waals surface area contributed by atoms with E-state index in [1.165, 1.54) is 6.42 Å². The molecular weight excluding hydrogens is 364 g/mol. The largest absolute Gasteiger partial charge is 0.356 e. The molecule has 0 atom stereocenters. The molecule has 29 heavy (non-hydrogen) atoms. The molecule has 1 saturated carbocycles. The molecule has 0 bridgehead atoms. The molecule has 148 valence electrons. The number of nitrogens with one attached hydrogen (secondary N) is 2. The van der Waals surface area contributed by atoms with Gasteiger partial charge in [0.1, 0.15) is 11.5 Å². The number of carbonyl (C=O) groups excluding carboxylic acids is 1. The van der Waals surface area contributed by atoms with Crippen LogP contribution in [0.15, 0.2) is 42.9 Å². The van der Waals surface area contributed by atoms with Crippen LogP contribution in [0.3, 0.4) is 0 Å². The lowest BCUT2D eigenvalue weighted by molar-refractivity contribution is -0.127. The van der Waals surface area contributed by atoms with E-state index in [2.05, 4.69) is 43.4 Å². The lowest BCUT2D eigenvalue weighted by Crippen LogP contribution is -2.35. The normalized spacial score (nSPS) is 14.3. The van der Waals surface area contributed by atoms with Gasteiger partial charge in [-0.05, 0) is 43.0 Å². The highest BCUT2D eigenvalue weighted by molar-refractivity contribution is 5.79. The number of benzene rings is 1. The van der Waals surface area contributed by atoms with Gasteiger partial charge in [-0.15, -0.1) is 0 Å². The molecule has 5 rings (SSSR count). The third-order valence-corrected chi connectivity index (χ3v) is 5.77. The molecule has 1 aliphatic rings. The number of fused-ring (bicyclic) bond motifs is 2. The molecule has 2 N–H and O–H groups in total. The standard InChI is InChI=1S/C22H24N6O/c29-22(16-3-1-4-16)23-8-2-9-28-10-7-17-13-24-20(26-21(17)28)12-15-5-6-19-18(11-15)14-25-27-19/h5-7,10-11,13-14,16H,1-4,8-9,12H2,(H,23,29)(H,25,27). The number of hydrogen-bond acceptors (Lipinski definition) is 4. The summed E-state index contributed by atoms with van der Waals surface area (Å²) in [6.45, 7) is 1.53. The summed E-state index contributed by atoms with van der Waals surface area (Å²) in [4.78, 5) is 21.3. The molecule has 1 aliphatic carbocycles. The van der Waals surface area contributed by atoms with Gasteiger partial charge in [0.15, 0.2) is 0 Å². The summed E-state index contributed by atoms with van der Waals surface area (Å²) in [7, 11) is 0. The van der Waals surface area contributed by atoms with Gasteiger partial charge >= 0.3 is 0 Å². The maximum atomic E-state index is 11.9. The maximum Gasteiger partial charge on any atom is 0.223 e. The van der Waals surface area contributed by atoms with Crippen LogP contribution in [0.2, 0.25) is 0 Å². The molecular formula is C22H24N6O. The number of aryl methyl sites for hydroxylation is 1. The van der Waals surface area contributed by atoms with Gasteiger partial charge in [0.25, 0.3) is 0 Å². The lowest BCUT2D eigenvalue weighted by Gasteiger charge is -2.24. The van der Waals surface area contributed by atoms with Crippen LogP contribution in [0.25, 0.3) is 21.9 Å². The molecule has 3 aromatic heterocycles. The minimum Gasteiger partial charge on any atom is -0.356 e. The summed E-state index contributed by atoms with van der Waals surface area (Å²) in [6.07, 6.45) is 10.6. The number of hydrogen-bond donors (Lipinski definition) is 2. The van der Waals surface area contributed by atoms with Gasteiger partial charge in [-0.25, -0.2) is 9.97 Å². The zero-order chi connectivity index (χ0) is 19.6. The Morgan fingerprint density at radius 1 is 1.21 bits per heavy atom. The van der Waals surface area contributed by atoms with Gasteiger partial charge in [-0.3, -0.25) is 9.89 Å². The Balaban J connectivity index is 1.25. The molecule has 4 aromatic rings. The third kappa shape index (κ3) is 3.72. The SMILES string of the molecule is O=C(NCCCn1ccc2cnc(Cc3ccc4[nH]ncc4c3)nc21)C1CCC1. The zero-order valence-electron chi connectivity index (χ0n) is 16.3. The van der Waals surface area contributed by atoms with Crippen LogP contribution < -0.4 is 5.32 Å². The molecule has 7 nitrogen and oxygen atoms in total. The molecule has 0 unspecified atom stereocenters. The van der Waals surface area contributed by atoms with E-state index in [1.807, 2.05) is 24.5 Å². The van der Waals surface area contributed by atoms with Crippen molar-refractivity contribution in [2.45, 2.75) is 38.6 Å². The quantitative estimate of drug-likeness (QED) is 0.476. The summed E-state index contributed by atoms with van der Waals surface area (Å²) < 4.78 is 2.15. The van der Waals surface area contributed by atoms with Crippen molar-refractivity contribution in [3.05, 3.63) is 54.2 Å². The second-order valence-corrected chi connectivity index (χ2v) is 7.82. The maximum absolute atomic E-state index is 11.9. The highest BCUT2D eigenvalue weighted by Gasteiger charge is 2.24. The van der Waals surface area contributed by atoms with E-state index < -0.39 is 0 Å². The van der Waals surface area contributed by atoms with Crippen molar-refractivity contribution < 1.29 is 4.79 Å². The number of rotatable bonds is 7. The van der Waals surface area contributed by atoms with Gasteiger partial charge in [-0.1, -0.05) is 12.5 Å². The van der Waals surface area contributed by atoms with E-state index in [1.54, 1.807) is 0 Å². The topological polar surface area (TPSA) is 88.5 Å². The van der Waals surface area contributed by atoms with Crippen LogP contribution in [0, 0.1) is 5.92 Å². The van der Waals surface area contributed by atoms with E-state index in [-0.39, 0.29) is 11.8 Å². The Labute approximate surface area is 168 Å². The Morgan fingerprint density at radius 2 is 2.14 bits per heavy atom. The van der Waals surface area contributed by atoms with Gasteiger partial charge < -0.3 is 9.88 Å². The summed E-state index contributed by atoms with van der Waals surface area (Å²) in [6, 6.07) is 8.29. The van der Waals surface area contributed by atoms with E-state index in [4.69, 9.17) is 4.98 Å². The monoisotopic (exact) mass is 388 g/mol. The number of aromatic amines is 1. The number of amides is 1. The first-order valence-corrected chi connectivity index (χ1v) is 10.3. The Hall–Kier alpha value is -3.22. The second kappa shape index (κ2) is 7.66. The minimum absolute atomic E-state index is 0.216. The first kappa shape index (κ1) is 17.8. The zero-order valence-corrected chi connectivity index (χ0v) is 16.3. The molecule has 1 fully saturated rings.